The van der Waals surface area contributed by atoms with Crippen LogP contribution in [0.1, 0.15) is 78.6 Å². The molecule has 0 aromatic heterocycles. The summed E-state index contributed by atoms with van der Waals surface area (Å²) < 4.78 is 5.14. The van der Waals surface area contributed by atoms with Crippen LogP contribution in [0.3, 0.4) is 0 Å². The third-order valence-corrected chi connectivity index (χ3v) is 5.76. The summed E-state index contributed by atoms with van der Waals surface area (Å²) in [6.07, 6.45) is 8.59. The number of likely N-dealkylation sites (tertiary alicyclic amines) is 1. The lowest BCUT2D eigenvalue weighted by molar-refractivity contribution is -0.134. The summed E-state index contributed by atoms with van der Waals surface area (Å²) in [5, 5.41) is 5.54. The van der Waals surface area contributed by atoms with Crippen molar-refractivity contribution in [1.29, 1.82) is 0 Å². The second-order valence-corrected chi connectivity index (χ2v) is 9.52. The molecule has 0 bridgehead atoms. The van der Waals surface area contributed by atoms with Crippen LogP contribution in [0.4, 0.5) is 4.79 Å². The lowest BCUT2D eigenvalue weighted by Crippen LogP contribution is -2.42. The van der Waals surface area contributed by atoms with Crippen molar-refractivity contribution in [3.63, 3.8) is 0 Å². The first-order valence-corrected chi connectivity index (χ1v) is 11.2. The minimum Gasteiger partial charge on any atom is -0.444 e. The topological polar surface area (TPSA) is 87.7 Å². The quantitative estimate of drug-likeness (QED) is 0.676. The van der Waals surface area contributed by atoms with Crippen LogP contribution in [0.25, 0.3) is 0 Å². The highest BCUT2D eigenvalue weighted by molar-refractivity contribution is 5.77. The van der Waals surface area contributed by atoms with E-state index in [4.69, 9.17) is 4.74 Å². The van der Waals surface area contributed by atoms with Gasteiger partial charge in [-0.25, -0.2) is 4.79 Å². The van der Waals surface area contributed by atoms with Crippen molar-refractivity contribution in [3.8, 4) is 0 Å². The number of carbonyl (C=O) groups excluding carboxylic acids is 3. The molecular formula is C22H39N3O4. The first-order valence-electron chi connectivity index (χ1n) is 11.2. The van der Waals surface area contributed by atoms with Crippen LogP contribution in [0.15, 0.2) is 0 Å². The smallest absolute Gasteiger partial charge is 0.407 e. The van der Waals surface area contributed by atoms with Gasteiger partial charge in [0.1, 0.15) is 5.60 Å². The zero-order chi connectivity index (χ0) is 21.3. The second-order valence-electron chi connectivity index (χ2n) is 9.52. The molecule has 0 aromatic carbocycles. The van der Waals surface area contributed by atoms with Crippen molar-refractivity contribution in [3.05, 3.63) is 0 Å². The van der Waals surface area contributed by atoms with E-state index in [2.05, 4.69) is 10.6 Å². The predicted octanol–water partition coefficient (Wildman–Crippen LogP) is 3.23. The molecule has 3 amide bonds. The lowest BCUT2D eigenvalue weighted by Gasteiger charge is -2.33. The van der Waals surface area contributed by atoms with E-state index >= 15 is 0 Å². The Kier molecular flexibility index (Phi) is 9.24. The average molecular weight is 410 g/mol. The van der Waals surface area contributed by atoms with Gasteiger partial charge in [-0.3, -0.25) is 9.59 Å². The summed E-state index contributed by atoms with van der Waals surface area (Å²) in [5.74, 6) is 1.24. The molecule has 7 nitrogen and oxygen atoms in total. The first-order chi connectivity index (χ1) is 13.7. The van der Waals surface area contributed by atoms with Gasteiger partial charge < -0.3 is 20.3 Å². The number of piperidine rings is 1. The first kappa shape index (κ1) is 23.5. The van der Waals surface area contributed by atoms with Gasteiger partial charge in [-0.15, -0.1) is 0 Å². The number of carbonyl (C=O) groups is 3. The molecule has 1 heterocycles. The van der Waals surface area contributed by atoms with Crippen molar-refractivity contribution in [2.75, 3.05) is 26.2 Å². The van der Waals surface area contributed by atoms with Crippen LogP contribution >= 0.6 is 0 Å². The van der Waals surface area contributed by atoms with E-state index in [0.717, 1.165) is 25.9 Å². The van der Waals surface area contributed by atoms with Crippen molar-refractivity contribution >= 4 is 17.9 Å². The van der Waals surface area contributed by atoms with E-state index in [-0.39, 0.29) is 18.9 Å². The van der Waals surface area contributed by atoms with E-state index in [1.54, 1.807) is 20.8 Å². The third-order valence-electron chi connectivity index (χ3n) is 5.76. The Hall–Kier alpha value is -1.79. The van der Waals surface area contributed by atoms with Crippen molar-refractivity contribution in [2.45, 2.75) is 84.2 Å². The maximum atomic E-state index is 12.5. The van der Waals surface area contributed by atoms with E-state index < -0.39 is 11.7 Å². The Morgan fingerprint density at radius 2 is 1.59 bits per heavy atom. The number of rotatable bonds is 7. The molecule has 0 atom stereocenters. The third kappa shape index (κ3) is 9.50. The molecule has 0 radical (unpaired) electrons. The number of alkyl carbamates (subject to hydrolysis) is 1. The van der Waals surface area contributed by atoms with Gasteiger partial charge in [0.15, 0.2) is 0 Å². The number of amides is 3. The normalized spacial score (nSPS) is 18.9. The highest BCUT2D eigenvalue weighted by Crippen LogP contribution is 2.27. The Morgan fingerprint density at radius 3 is 2.21 bits per heavy atom. The molecule has 29 heavy (non-hydrogen) atoms. The summed E-state index contributed by atoms with van der Waals surface area (Å²) in [5.41, 5.74) is -0.543. The van der Waals surface area contributed by atoms with Gasteiger partial charge in [0.05, 0.1) is 0 Å². The fourth-order valence-corrected chi connectivity index (χ4v) is 4.09. The summed E-state index contributed by atoms with van der Waals surface area (Å²) >= 11 is 0. The highest BCUT2D eigenvalue weighted by atomic mass is 16.6. The molecule has 2 aliphatic rings. The summed E-state index contributed by atoms with van der Waals surface area (Å²) in [6, 6.07) is 0. The molecule has 2 rings (SSSR count). The monoisotopic (exact) mass is 409 g/mol. The fraction of sp³-hybridized carbons (Fsp3) is 0.864. The SMILES string of the molecule is CC(C)(C)OC(=O)NCCC(=O)NCC1CCN(C(=O)CC2CCCCC2)CC1. The zero-order valence-corrected chi connectivity index (χ0v) is 18.4. The van der Waals surface area contributed by atoms with Crippen LogP contribution in [0.2, 0.25) is 0 Å². The number of hydrogen-bond acceptors (Lipinski definition) is 4. The maximum Gasteiger partial charge on any atom is 0.407 e. The molecule has 1 saturated carbocycles. The summed E-state index contributed by atoms with van der Waals surface area (Å²) in [4.78, 5) is 38.1. The van der Waals surface area contributed by atoms with Crippen LogP contribution in [0, 0.1) is 11.8 Å². The molecule has 2 N–H and O–H groups in total. The van der Waals surface area contributed by atoms with Crippen molar-refractivity contribution in [1.82, 2.24) is 15.5 Å². The molecule has 7 heteroatoms. The van der Waals surface area contributed by atoms with E-state index in [9.17, 15) is 14.4 Å². The number of hydrogen-bond donors (Lipinski definition) is 2. The predicted molar refractivity (Wildman–Crippen MR) is 112 cm³/mol. The largest absolute Gasteiger partial charge is 0.444 e. The maximum absolute atomic E-state index is 12.5. The molecule has 1 saturated heterocycles. The van der Waals surface area contributed by atoms with Gasteiger partial charge in [-0.2, -0.15) is 0 Å². The highest BCUT2D eigenvalue weighted by Gasteiger charge is 2.25. The molecule has 2 fully saturated rings. The van der Waals surface area contributed by atoms with Gasteiger partial charge in [-0.1, -0.05) is 19.3 Å². The molecule has 1 aliphatic heterocycles. The van der Waals surface area contributed by atoms with Gasteiger partial charge in [0.25, 0.3) is 0 Å². The van der Waals surface area contributed by atoms with E-state index in [0.29, 0.717) is 30.7 Å². The average Bonchev–Trinajstić information content (AvgIpc) is 2.66. The van der Waals surface area contributed by atoms with Crippen LogP contribution in [0.5, 0.6) is 0 Å². The number of nitrogens with zero attached hydrogens (tertiary/aromatic N) is 1. The zero-order valence-electron chi connectivity index (χ0n) is 18.4. The van der Waals surface area contributed by atoms with Crippen LogP contribution in [-0.2, 0) is 14.3 Å². The second kappa shape index (κ2) is 11.4. The Bertz CT molecular complexity index is 545. The Balaban J connectivity index is 1.55. The minimum atomic E-state index is -0.543. The molecule has 166 valence electrons. The van der Waals surface area contributed by atoms with Crippen molar-refractivity contribution < 1.29 is 19.1 Å². The van der Waals surface area contributed by atoms with E-state index in [1.165, 1.54) is 32.1 Å². The number of nitrogens with one attached hydrogen (secondary N) is 2. The molecule has 0 unspecified atom stereocenters. The molecule has 0 spiro atoms. The lowest BCUT2D eigenvalue weighted by atomic mass is 9.86. The fourth-order valence-electron chi connectivity index (χ4n) is 4.09. The summed E-state index contributed by atoms with van der Waals surface area (Å²) in [7, 11) is 0. The van der Waals surface area contributed by atoms with E-state index in [1.807, 2.05) is 4.90 Å². The van der Waals surface area contributed by atoms with Gasteiger partial charge >= 0.3 is 6.09 Å². The van der Waals surface area contributed by atoms with Crippen molar-refractivity contribution in [2.24, 2.45) is 11.8 Å². The Morgan fingerprint density at radius 1 is 0.931 bits per heavy atom. The molecule has 1 aliphatic carbocycles. The standard InChI is InChI=1S/C22H39N3O4/c1-22(2,3)29-21(28)23-12-9-19(26)24-16-18-10-13-25(14-11-18)20(27)15-17-7-5-4-6-8-17/h17-18H,4-16H2,1-3H3,(H,23,28)(H,24,26). The molecule has 0 aromatic rings. The van der Waals surface area contributed by atoms with Crippen LogP contribution < -0.4 is 10.6 Å². The molecular weight excluding hydrogens is 370 g/mol. The van der Waals surface area contributed by atoms with Gasteiger partial charge in [-0.05, 0) is 58.3 Å². The minimum absolute atomic E-state index is 0.0723. The van der Waals surface area contributed by atoms with Gasteiger partial charge in [0, 0.05) is 39.0 Å². The number of ether oxygens (including phenoxy) is 1. The van der Waals surface area contributed by atoms with Crippen LogP contribution in [-0.4, -0.2) is 54.6 Å². The summed E-state index contributed by atoms with van der Waals surface area (Å²) in [6.45, 7) is 7.89. The Labute approximate surface area is 175 Å². The van der Waals surface area contributed by atoms with Gasteiger partial charge in [0.2, 0.25) is 11.8 Å².